The molecule has 1 amide bonds. The van der Waals surface area contributed by atoms with Crippen molar-refractivity contribution in [2.75, 3.05) is 18.6 Å². The summed E-state index contributed by atoms with van der Waals surface area (Å²) in [5, 5.41) is 0. The van der Waals surface area contributed by atoms with E-state index in [1.54, 1.807) is 12.0 Å². The maximum Gasteiger partial charge on any atom is 0.270 e. The molecule has 0 aromatic heterocycles. The van der Waals surface area contributed by atoms with E-state index in [1.807, 2.05) is 63.2 Å². The van der Waals surface area contributed by atoms with Gasteiger partial charge in [-0.1, -0.05) is 36.1 Å². The molecular weight excluding hydrogens is 378 g/mol. The van der Waals surface area contributed by atoms with E-state index in [2.05, 4.69) is 0 Å². The lowest BCUT2D eigenvalue weighted by molar-refractivity contribution is -0.113. The largest absolute Gasteiger partial charge is 0.493 e. The van der Waals surface area contributed by atoms with E-state index in [9.17, 15) is 4.79 Å². The van der Waals surface area contributed by atoms with Gasteiger partial charge in [0, 0.05) is 0 Å². The zero-order valence-electron chi connectivity index (χ0n) is 15.7. The van der Waals surface area contributed by atoms with Crippen LogP contribution in [0.25, 0.3) is 6.08 Å². The highest BCUT2D eigenvalue weighted by molar-refractivity contribution is 8.27. The van der Waals surface area contributed by atoms with Crippen molar-refractivity contribution >= 4 is 46.0 Å². The quantitative estimate of drug-likeness (QED) is 0.516. The van der Waals surface area contributed by atoms with Crippen molar-refractivity contribution in [2.24, 2.45) is 0 Å². The Bertz CT molecular complexity index is 937. The molecule has 0 spiro atoms. The highest BCUT2D eigenvalue weighted by Gasteiger charge is 2.33. The monoisotopic (exact) mass is 399 g/mol. The SMILES string of the molecule is CCOc1ccc(/C=C2/SC(=S)N(c3ccc(C)c(C)c3)C2=O)cc1OC. The fraction of sp³-hybridized carbons (Fsp3) is 0.238. The number of anilines is 1. The van der Waals surface area contributed by atoms with Gasteiger partial charge in [-0.2, -0.15) is 0 Å². The van der Waals surface area contributed by atoms with E-state index in [0.717, 1.165) is 16.8 Å². The fourth-order valence-electron chi connectivity index (χ4n) is 2.76. The zero-order valence-corrected chi connectivity index (χ0v) is 17.4. The molecule has 6 heteroatoms. The minimum absolute atomic E-state index is 0.110. The molecule has 1 fully saturated rings. The summed E-state index contributed by atoms with van der Waals surface area (Å²) in [4.78, 5) is 15.1. The van der Waals surface area contributed by atoms with Gasteiger partial charge in [-0.15, -0.1) is 0 Å². The van der Waals surface area contributed by atoms with E-state index in [-0.39, 0.29) is 5.91 Å². The van der Waals surface area contributed by atoms with Gasteiger partial charge in [-0.25, -0.2) is 0 Å². The average Bonchev–Trinajstić information content (AvgIpc) is 2.92. The first-order valence-electron chi connectivity index (χ1n) is 8.60. The molecule has 0 aliphatic carbocycles. The molecular formula is C21H21NO3S2. The molecule has 0 N–H and O–H groups in total. The Kier molecular flexibility index (Phi) is 5.87. The van der Waals surface area contributed by atoms with Gasteiger partial charge in [-0.3, -0.25) is 9.69 Å². The number of rotatable bonds is 5. The van der Waals surface area contributed by atoms with Crippen molar-refractivity contribution in [2.45, 2.75) is 20.8 Å². The number of aryl methyl sites for hydroxylation is 2. The third-order valence-corrected chi connectivity index (χ3v) is 5.63. The van der Waals surface area contributed by atoms with E-state index in [4.69, 9.17) is 21.7 Å². The third-order valence-electron chi connectivity index (χ3n) is 4.33. The predicted molar refractivity (Wildman–Crippen MR) is 116 cm³/mol. The summed E-state index contributed by atoms with van der Waals surface area (Å²) in [5.41, 5.74) is 3.96. The number of carbonyl (C=O) groups excluding carboxylic acids is 1. The Hall–Kier alpha value is -2.31. The molecule has 1 aliphatic heterocycles. The molecule has 0 atom stereocenters. The number of amides is 1. The van der Waals surface area contributed by atoms with Crippen LogP contribution >= 0.6 is 24.0 Å². The van der Waals surface area contributed by atoms with E-state index < -0.39 is 0 Å². The number of carbonyl (C=O) groups is 1. The summed E-state index contributed by atoms with van der Waals surface area (Å²) >= 11 is 6.76. The Morgan fingerprint density at radius 1 is 1.11 bits per heavy atom. The summed E-state index contributed by atoms with van der Waals surface area (Å²) in [7, 11) is 1.60. The normalized spacial score (nSPS) is 15.6. The Morgan fingerprint density at radius 2 is 1.89 bits per heavy atom. The van der Waals surface area contributed by atoms with Crippen LogP contribution in [0, 0.1) is 13.8 Å². The molecule has 0 saturated carbocycles. The lowest BCUT2D eigenvalue weighted by Gasteiger charge is -2.16. The standard InChI is InChI=1S/C21H21NO3S2/c1-5-25-17-9-7-15(11-18(17)24-4)12-19-20(23)22(21(26)27-19)16-8-6-13(2)14(3)10-16/h6-12H,5H2,1-4H3/b19-12+. The molecule has 1 saturated heterocycles. The molecule has 4 nitrogen and oxygen atoms in total. The highest BCUT2D eigenvalue weighted by Crippen LogP contribution is 2.37. The first-order valence-corrected chi connectivity index (χ1v) is 9.83. The predicted octanol–water partition coefficient (Wildman–Crippen LogP) is 5.12. The number of hydrogen-bond donors (Lipinski definition) is 0. The highest BCUT2D eigenvalue weighted by atomic mass is 32.2. The lowest BCUT2D eigenvalue weighted by atomic mass is 10.1. The zero-order chi connectivity index (χ0) is 19.6. The second kappa shape index (κ2) is 8.15. The van der Waals surface area contributed by atoms with Crippen molar-refractivity contribution in [1.29, 1.82) is 0 Å². The van der Waals surface area contributed by atoms with Gasteiger partial charge in [0.15, 0.2) is 15.8 Å². The Labute approximate surface area is 169 Å². The van der Waals surface area contributed by atoms with E-state index in [1.165, 1.54) is 17.3 Å². The average molecular weight is 400 g/mol. The summed E-state index contributed by atoms with van der Waals surface area (Å²) in [6.07, 6.45) is 1.83. The summed E-state index contributed by atoms with van der Waals surface area (Å²) in [5.74, 6) is 1.20. The van der Waals surface area contributed by atoms with Crippen LogP contribution in [-0.2, 0) is 4.79 Å². The number of nitrogens with zero attached hydrogens (tertiary/aromatic N) is 1. The minimum Gasteiger partial charge on any atom is -0.493 e. The molecule has 1 aliphatic rings. The number of methoxy groups -OCH3 is 1. The maximum atomic E-state index is 12.9. The number of ether oxygens (including phenoxy) is 2. The van der Waals surface area contributed by atoms with Gasteiger partial charge in [-0.05, 0) is 67.8 Å². The topological polar surface area (TPSA) is 38.8 Å². The van der Waals surface area contributed by atoms with Crippen LogP contribution < -0.4 is 14.4 Å². The number of thioether (sulfide) groups is 1. The van der Waals surface area contributed by atoms with Crippen molar-refractivity contribution in [3.8, 4) is 11.5 Å². The molecule has 2 aromatic carbocycles. The lowest BCUT2D eigenvalue weighted by Crippen LogP contribution is -2.27. The van der Waals surface area contributed by atoms with Crippen LogP contribution in [-0.4, -0.2) is 23.9 Å². The van der Waals surface area contributed by atoms with Crippen LogP contribution in [0.2, 0.25) is 0 Å². The molecule has 0 unspecified atom stereocenters. The van der Waals surface area contributed by atoms with Crippen LogP contribution in [0.4, 0.5) is 5.69 Å². The van der Waals surface area contributed by atoms with Gasteiger partial charge < -0.3 is 9.47 Å². The molecule has 0 radical (unpaired) electrons. The number of hydrogen-bond acceptors (Lipinski definition) is 5. The van der Waals surface area contributed by atoms with Crippen molar-refractivity contribution in [1.82, 2.24) is 0 Å². The summed E-state index contributed by atoms with van der Waals surface area (Å²) < 4.78 is 11.5. The fourth-order valence-corrected chi connectivity index (χ4v) is 4.05. The van der Waals surface area contributed by atoms with E-state index in [0.29, 0.717) is 27.3 Å². The van der Waals surface area contributed by atoms with Crippen molar-refractivity contribution < 1.29 is 14.3 Å². The van der Waals surface area contributed by atoms with Gasteiger partial charge in [0.25, 0.3) is 5.91 Å². The van der Waals surface area contributed by atoms with Crippen LogP contribution in [0.3, 0.4) is 0 Å². The van der Waals surface area contributed by atoms with Crippen molar-refractivity contribution in [3.05, 3.63) is 58.0 Å². The van der Waals surface area contributed by atoms with Crippen molar-refractivity contribution in [3.63, 3.8) is 0 Å². The minimum atomic E-state index is -0.110. The Balaban J connectivity index is 1.91. The van der Waals surface area contributed by atoms with E-state index >= 15 is 0 Å². The first-order chi connectivity index (χ1) is 12.9. The molecule has 0 bridgehead atoms. The number of benzene rings is 2. The van der Waals surface area contributed by atoms with Crippen LogP contribution in [0.5, 0.6) is 11.5 Å². The second-order valence-electron chi connectivity index (χ2n) is 6.13. The Morgan fingerprint density at radius 3 is 2.56 bits per heavy atom. The number of thiocarbonyl (C=S) groups is 1. The summed E-state index contributed by atoms with van der Waals surface area (Å²) in [6, 6.07) is 11.5. The van der Waals surface area contributed by atoms with Gasteiger partial charge in [0.1, 0.15) is 0 Å². The van der Waals surface area contributed by atoms with Gasteiger partial charge in [0.05, 0.1) is 24.3 Å². The molecule has 27 heavy (non-hydrogen) atoms. The summed E-state index contributed by atoms with van der Waals surface area (Å²) in [6.45, 7) is 6.55. The maximum absolute atomic E-state index is 12.9. The molecule has 140 valence electrons. The molecule has 1 heterocycles. The third kappa shape index (κ3) is 4.01. The van der Waals surface area contributed by atoms with Gasteiger partial charge >= 0.3 is 0 Å². The molecule has 3 rings (SSSR count). The van der Waals surface area contributed by atoms with Crippen LogP contribution in [0.1, 0.15) is 23.6 Å². The van der Waals surface area contributed by atoms with Gasteiger partial charge in [0.2, 0.25) is 0 Å². The second-order valence-corrected chi connectivity index (χ2v) is 7.80. The first kappa shape index (κ1) is 19.5. The molecule has 2 aromatic rings. The van der Waals surface area contributed by atoms with Crippen LogP contribution in [0.15, 0.2) is 41.3 Å². The smallest absolute Gasteiger partial charge is 0.270 e.